The molecular weight excluding hydrogens is 235 g/mol. The number of carboxylic acids is 1. The van der Waals surface area contributed by atoms with E-state index in [0.29, 0.717) is 0 Å². The first kappa shape index (κ1) is 12.6. The van der Waals surface area contributed by atoms with Crippen LogP contribution >= 0.6 is 23.2 Å². The average molecular weight is 239 g/mol. The van der Waals surface area contributed by atoms with Gasteiger partial charge in [-0.1, -0.05) is 23.2 Å². The van der Waals surface area contributed by atoms with Crippen molar-refractivity contribution in [2.75, 3.05) is 0 Å². The molecule has 0 radical (unpaired) electrons. The van der Waals surface area contributed by atoms with Gasteiger partial charge in [-0.05, 0) is 12.1 Å². The van der Waals surface area contributed by atoms with E-state index in [1.807, 2.05) is 0 Å². The van der Waals surface area contributed by atoms with Gasteiger partial charge in [0.15, 0.2) is 5.34 Å². The largest absolute Gasteiger partial charge is 0.478 e. The van der Waals surface area contributed by atoms with Crippen LogP contribution in [-0.2, 0) is 0 Å². The summed E-state index contributed by atoms with van der Waals surface area (Å²) in [7, 11) is 0. The van der Waals surface area contributed by atoms with E-state index in [1.165, 1.54) is 17.5 Å². The average Bonchev–Trinajstić information content (AvgIpc) is 2.03. The van der Waals surface area contributed by atoms with Gasteiger partial charge >= 0.3 is 5.97 Å². The van der Waals surface area contributed by atoms with Crippen LogP contribution in [0.3, 0.4) is 0 Å². The van der Waals surface area contributed by atoms with Crippen LogP contribution in [0.25, 0.3) is 0 Å². The smallest absolute Gasteiger partial charge is 0.335 e. The number of carbonyl (C=O) groups is 1. The summed E-state index contributed by atoms with van der Waals surface area (Å²) in [6.07, 6.45) is 0. The Morgan fingerprint density at radius 2 is 1.71 bits per heavy atom. The van der Waals surface area contributed by atoms with Crippen LogP contribution in [-0.4, -0.2) is 21.3 Å². The van der Waals surface area contributed by atoms with Crippen LogP contribution in [0, 0.1) is 4.91 Å². The van der Waals surface area contributed by atoms with Crippen molar-refractivity contribution in [1.29, 1.82) is 0 Å². The molecule has 0 aliphatic heterocycles. The highest BCUT2D eigenvalue weighted by molar-refractivity contribution is 6.32. The van der Waals surface area contributed by atoms with E-state index in [0.717, 1.165) is 0 Å². The monoisotopic (exact) mass is 238 g/mol. The highest BCUT2D eigenvalue weighted by atomic mass is 35.5. The Bertz CT molecular complexity index is 324. The molecule has 0 spiro atoms. The van der Waals surface area contributed by atoms with E-state index in [2.05, 4.69) is 4.98 Å². The lowest BCUT2D eigenvalue weighted by atomic mass is 10.3. The van der Waals surface area contributed by atoms with Crippen LogP contribution in [0.1, 0.15) is 10.4 Å². The number of hydrogen-bond acceptors (Lipinski definition) is 4. The third-order valence-electron chi connectivity index (χ3n) is 1.01. The highest BCUT2D eigenvalue weighted by Gasteiger charge is 2.05. The molecule has 1 aromatic rings. The summed E-state index contributed by atoms with van der Waals surface area (Å²) < 4.78 is 0. The first-order valence-electron chi connectivity index (χ1n) is 3.04. The van der Waals surface area contributed by atoms with Gasteiger partial charge in [0.1, 0.15) is 10.3 Å². The molecule has 0 atom stereocenters. The second-order valence-corrected chi connectivity index (χ2v) is 2.66. The quantitative estimate of drug-likeness (QED) is 0.444. The Balaban J connectivity index is 0.000000500. The number of rotatable bonds is 1. The van der Waals surface area contributed by atoms with Gasteiger partial charge in [-0.2, -0.15) is 0 Å². The summed E-state index contributed by atoms with van der Waals surface area (Å²) in [6.45, 7) is 0. The number of aromatic nitrogens is 1. The van der Waals surface area contributed by atoms with Crippen molar-refractivity contribution >= 4 is 29.2 Å². The Kier molecular flexibility index (Phi) is 5.50. The lowest BCUT2D eigenvalue weighted by Gasteiger charge is -1.94. The third-order valence-corrected chi connectivity index (χ3v) is 1.40. The first-order valence-corrected chi connectivity index (χ1v) is 3.80. The Hall–Kier alpha value is -1.40. The van der Waals surface area contributed by atoms with Gasteiger partial charge in [0.25, 0.3) is 0 Å². The van der Waals surface area contributed by atoms with Crippen molar-refractivity contribution < 1.29 is 15.1 Å². The fraction of sp³-hybridized carbons (Fsp3) is 0. The predicted molar refractivity (Wildman–Crippen MR) is 48.8 cm³/mol. The zero-order valence-electron chi connectivity index (χ0n) is 6.52. The zero-order chi connectivity index (χ0) is 11.1. The van der Waals surface area contributed by atoms with Crippen molar-refractivity contribution in [3.63, 3.8) is 0 Å². The molecule has 0 saturated carbocycles. The molecule has 0 fully saturated rings. The van der Waals surface area contributed by atoms with E-state index < -0.39 is 5.97 Å². The maximum Gasteiger partial charge on any atom is 0.335 e. The molecule has 0 saturated heterocycles. The lowest BCUT2D eigenvalue weighted by molar-refractivity contribution is 0.0696. The predicted octanol–water partition coefficient (Wildman–Crippen LogP) is 2.23. The fourth-order valence-electron chi connectivity index (χ4n) is 0.588. The Morgan fingerprint density at radius 3 is 2.00 bits per heavy atom. The van der Waals surface area contributed by atoms with E-state index in [-0.39, 0.29) is 15.9 Å². The molecule has 0 bridgehead atoms. The van der Waals surface area contributed by atoms with Gasteiger partial charge in [0.05, 0.1) is 5.56 Å². The SMILES string of the molecule is O=C(O)c1cc(Cl)nc(Cl)c1.O=NO. The van der Waals surface area contributed by atoms with Gasteiger partial charge in [-0.15, -0.1) is 4.91 Å². The van der Waals surface area contributed by atoms with Gasteiger partial charge < -0.3 is 10.3 Å². The molecule has 1 aromatic heterocycles. The first-order chi connectivity index (χ1) is 6.51. The van der Waals surface area contributed by atoms with E-state index >= 15 is 0 Å². The van der Waals surface area contributed by atoms with Gasteiger partial charge in [0.2, 0.25) is 0 Å². The molecule has 1 heterocycles. The number of carboxylic acid groups (broad SMARTS) is 1. The molecule has 6 nitrogen and oxygen atoms in total. The summed E-state index contributed by atoms with van der Waals surface area (Å²) in [5, 5.41) is 16.5. The van der Waals surface area contributed by atoms with E-state index in [1.54, 1.807) is 0 Å². The minimum Gasteiger partial charge on any atom is -0.478 e. The number of pyridine rings is 1. The molecule has 14 heavy (non-hydrogen) atoms. The van der Waals surface area contributed by atoms with Crippen molar-refractivity contribution in [1.82, 2.24) is 4.98 Å². The number of halogens is 2. The maximum atomic E-state index is 10.4. The van der Waals surface area contributed by atoms with Crippen molar-refractivity contribution in [3.05, 3.63) is 32.9 Å². The summed E-state index contributed by atoms with van der Waals surface area (Å²) in [6, 6.07) is 2.46. The fourth-order valence-corrected chi connectivity index (χ4v) is 1.05. The molecule has 0 aliphatic rings. The number of hydrogen-bond donors (Lipinski definition) is 2. The van der Waals surface area contributed by atoms with E-state index in [4.69, 9.17) is 38.4 Å². The normalized spacial score (nSPS) is 8.43. The molecule has 0 unspecified atom stereocenters. The number of nitrogens with zero attached hydrogens (tertiary/aromatic N) is 2. The van der Waals surface area contributed by atoms with Crippen molar-refractivity contribution in [2.45, 2.75) is 0 Å². The molecule has 1 rings (SSSR count). The number of aromatic carboxylic acids is 1. The van der Waals surface area contributed by atoms with Crippen molar-refractivity contribution in [2.24, 2.45) is 5.34 Å². The molecule has 0 aliphatic carbocycles. The standard InChI is InChI=1S/C6H3Cl2NO2.HNO2/c7-4-1-3(6(10)11)2-5(8)9-4;2-1-3/h1-2H,(H,10,11);(H,2,3). The van der Waals surface area contributed by atoms with Crippen LogP contribution in [0.4, 0.5) is 0 Å². The van der Waals surface area contributed by atoms with Crippen LogP contribution in [0.2, 0.25) is 10.3 Å². The van der Waals surface area contributed by atoms with Crippen molar-refractivity contribution in [3.8, 4) is 0 Å². The second kappa shape index (κ2) is 6.11. The Morgan fingerprint density at radius 1 is 1.36 bits per heavy atom. The van der Waals surface area contributed by atoms with Crippen LogP contribution in [0.5, 0.6) is 0 Å². The molecule has 0 aromatic carbocycles. The van der Waals surface area contributed by atoms with E-state index in [9.17, 15) is 4.79 Å². The summed E-state index contributed by atoms with van der Waals surface area (Å²) >= 11 is 10.9. The topological polar surface area (TPSA) is 99.8 Å². The third kappa shape index (κ3) is 4.58. The van der Waals surface area contributed by atoms with Gasteiger partial charge in [0, 0.05) is 0 Å². The summed E-state index contributed by atoms with van der Waals surface area (Å²) in [4.78, 5) is 22.1. The van der Waals surface area contributed by atoms with Gasteiger partial charge in [-0.25, -0.2) is 9.78 Å². The minimum atomic E-state index is -1.07. The molecule has 0 amide bonds. The van der Waals surface area contributed by atoms with Crippen LogP contribution in [0.15, 0.2) is 17.5 Å². The maximum absolute atomic E-state index is 10.4. The summed E-state index contributed by atoms with van der Waals surface area (Å²) in [5.41, 5.74) is 0.0370. The van der Waals surface area contributed by atoms with Gasteiger partial charge in [-0.3, -0.25) is 0 Å². The van der Waals surface area contributed by atoms with Crippen LogP contribution < -0.4 is 0 Å². The Labute approximate surface area is 88.0 Å². The highest BCUT2D eigenvalue weighted by Crippen LogP contribution is 2.14. The molecule has 8 heteroatoms. The molecule has 76 valence electrons. The lowest BCUT2D eigenvalue weighted by Crippen LogP contribution is -1.96. The molecule has 2 N–H and O–H groups in total. The summed E-state index contributed by atoms with van der Waals surface area (Å²) in [5.74, 6) is -1.07. The zero-order valence-corrected chi connectivity index (χ0v) is 8.03. The molecular formula is C6H4Cl2N2O4. The minimum absolute atomic E-state index is 0.0370. The second-order valence-electron chi connectivity index (χ2n) is 1.89.